The lowest BCUT2D eigenvalue weighted by atomic mass is 10.00. The Labute approximate surface area is 151 Å². The minimum atomic E-state index is 0.747. The van der Waals surface area contributed by atoms with Gasteiger partial charge in [-0.3, -0.25) is 9.88 Å². The van der Waals surface area contributed by atoms with Gasteiger partial charge in [-0.25, -0.2) is 0 Å². The van der Waals surface area contributed by atoms with Crippen LogP contribution in [-0.4, -0.2) is 61.2 Å². The van der Waals surface area contributed by atoms with Crippen molar-refractivity contribution in [3.05, 3.63) is 58.9 Å². The minimum Gasteiger partial charge on any atom is -0.492 e. The molecular formula is C21H29N3O. The summed E-state index contributed by atoms with van der Waals surface area (Å²) in [5.41, 5.74) is 5.04. The van der Waals surface area contributed by atoms with E-state index in [4.69, 9.17) is 4.74 Å². The molecule has 2 aromatic rings. The first-order valence-corrected chi connectivity index (χ1v) is 9.14. The monoisotopic (exact) mass is 339 g/mol. The van der Waals surface area contributed by atoms with Crippen molar-refractivity contribution < 1.29 is 4.74 Å². The van der Waals surface area contributed by atoms with Crippen molar-refractivity contribution >= 4 is 0 Å². The van der Waals surface area contributed by atoms with Gasteiger partial charge in [0.05, 0.1) is 0 Å². The Morgan fingerprint density at radius 2 is 1.76 bits per heavy atom. The van der Waals surface area contributed by atoms with E-state index in [2.05, 4.69) is 59.9 Å². The van der Waals surface area contributed by atoms with Gasteiger partial charge in [0.15, 0.2) is 0 Å². The summed E-state index contributed by atoms with van der Waals surface area (Å²) in [6.07, 6.45) is 4.59. The number of hydrogen-bond donors (Lipinski definition) is 0. The largest absolute Gasteiger partial charge is 0.492 e. The first kappa shape index (κ1) is 17.9. The van der Waals surface area contributed by atoms with Crippen LogP contribution in [0, 0.1) is 13.8 Å². The van der Waals surface area contributed by atoms with Crippen LogP contribution in [0.5, 0.6) is 5.75 Å². The maximum absolute atomic E-state index is 6.25. The second kappa shape index (κ2) is 8.45. The summed E-state index contributed by atoms with van der Waals surface area (Å²) < 4.78 is 6.25. The molecule has 0 saturated carbocycles. The highest BCUT2D eigenvalue weighted by atomic mass is 16.5. The summed E-state index contributed by atoms with van der Waals surface area (Å²) in [7, 11) is 2.19. The molecule has 25 heavy (non-hydrogen) atoms. The quantitative estimate of drug-likeness (QED) is 0.809. The molecule has 0 radical (unpaired) electrons. The molecule has 0 amide bonds. The second-order valence-corrected chi connectivity index (χ2v) is 7.10. The SMILES string of the molecule is Cc1cc(C)c(OCCN2CCN(C)CC2)c(Cc2ccncc2)c1. The maximum atomic E-state index is 6.25. The fraction of sp³-hybridized carbons (Fsp3) is 0.476. The van der Waals surface area contributed by atoms with E-state index in [-0.39, 0.29) is 0 Å². The van der Waals surface area contributed by atoms with Crippen LogP contribution in [0.15, 0.2) is 36.7 Å². The average molecular weight is 339 g/mol. The lowest BCUT2D eigenvalue weighted by Crippen LogP contribution is -2.45. The van der Waals surface area contributed by atoms with Crippen LogP contribution in [0.2, 0.25) is 0 Å². The molecule has 0 aliphatic carbocycles. The summed E-state index contributed by atoms with van der Waals surface area (Å²) in [6.45, 7) is 10.6. The zero-order chi connectivity index (χ0) is 17.6. The van der Waals surface area contributed by atoms with Crippen LogP contribution in [0.4, 0.5) is 0 Å². The van der Waals surface area contributed by atoms with E-state index in [1.807, 2.05) is 12.4 Å². The van der Waals surface area contributed by atoms with Crippen molar-refractivity contribution in [1.29, 1.82) is 0 Å². The molecule has 0 N–H and O–H groups in total. The molecule has 4 heteroatoms. The molecule has 4 nitrogen and oxygen atoms in total. The number of aromatic nitrogens is 1. The Morgan fingerprint density at radius 3 is 2.48 bits per heavy atom. The summed E-state index contributed by atoms with van der Waals surface area (Å²) >= 11 is 0. The van der Waals surface area contributed by atoms with E-state index >= 15 is 0 Å². The van der Waals surface area contributed by atoms with Crippen LogP contribution in [0.25, 0.3) is 0 Å². The molecule has 1 saturated heterocycles. The predicted molar refractivity (Wildman–Crippen MR) is 102 cm³/mol. The van der Waals surface area contributed by atoms with E-state index in [0.29, 0.717) is 0 Å². The average Bonchev–Trinajstić information content (AvgIpc) is 2.60. The van der Waals surface area contributed by atoms with E-state index in [1.54, 1.807) is 0 Å². The van der Waals surface area contributed by atoms with Crippen LogP contribution < -0.4 is 4.74 Å². The summed E-state index contributed by atoms with van der Waals surface area (Å²) in [4.78, 5) is 8.99. The zero-order valence-electron chi connectivity index (χ0n) is 15.7. The molecule has 0 unspecified atom stereocenters. The third-order valence-corrected chi connectivity index (χ3v) is 4.89. The summed E-state index contributed by atoms with van der Waals surface area (Å²) in [6, 6.07) is 8.61. The highest BCUT2D eigenvalue weighted by Gasteiger charge is 2.14. The Morgan fingerprint density at radius 1 is 1.04 bits per heavy atom. The molecular weight excluding hydrogens is 310 g/mol. The Hall–Kier alpha value is -1.91. The number of hydrogen-bond acceptors (Lipinski definition) is 4. The van der Waals surface area contributed by atoms with Crippen LogP contribution in [-0.2, 0) is 6.42 Å². The molecule has 2 heterocycles. The molecule has 0 bridgehead atoms. The van der Waals surface area contributed by atoms with E-state index in [9.17, 15) is 0 Å². The molecule has 3 rings (SSSR count). The van der Waals surface area contributed by atoms with Crippen LogP contribution in [0.1, 0.15) is 22.3 Å². The van der Waals surface area contributed by atoms with Crippen molar-refractivity contribution in [2.45, 2.75) is 20.3 Å². The van der Waals surface area contributed by atoms with E-state index in [1.165, 1.54) is 22.3 Å². The normalized spacial score (nSPS) is 16.1. The lowest BCUT2D eigenvalue weighted by Gasteiger charge is -2.32. The van der Waals surface area contributed by atoms with Gasteiger partial charge in [0.1, 0.15) is 12.4 Å². The highest BCUT2D eigenvalue weighted by Crippen LogP contribution is 2.27. The van der Waals surface area contributed by atoms with Gasteiger partial charge in [-0.05, 0) is 49.7 Å². The molecule has 1 fully saturated rings. The van der Waals surface area contributed by atoms with Gasteiger partial charge in [-0.1, -0.05) is 17.7 Å². The number of pyridine rings is 1. The number of likely N-dealkylation sites (N-methyl/N-ethyl adjacent to an activating group) is 1. The second-order valence-electron chi connectivity index (χ2n) is 7.10. The molecule has 1 aromatic carbocycles. The van der Waals surface area contributed by atoms with E-state index in [0.717, 1.165) is 51.5 Å². The van der Waals surface area contributed by atoms with Gasteiger partial charge in [0.25, 0.3) is 0 Å². The fourth-order valence-electron chi connectivity index (χ4n) is 3.45. The number of ether oxygens (including phenoxy) is 1. The number of piperazine rings is 1. The van der Waals surface area contributed by atoms with Crippen molar-refractivity contribution in [3.63, 3.8) is 0 Å². The van der Waals surface area contributed by atoms with E-state index < -0.39 is 0 Å². The maximum Gasteiger partial charge on any atom is 0.125 e. The van der Waals surface area contributed by atoms with Crippen molar-refractivity contribution in [3.8, 4) is 5.75 Å². The molecule has 1 aromatic heterocycles. The van der Waals surface area contributed by atoms with Crippen molar-refractivity contribution in [1.82, 2.24) is 14.8 Å². The van der Waals surface area contributed by atoms with Gasteiger partial charge in [0.2, 0.25) is 0 Å². The molecule has 0 atom stereocenters. The Kier molecular flexibility index (Phi) is 6.05. The predicted octanol–water partition coefficient (Wildman–Crippen LogP) is 2.92. The van der Waals surface area contributed by atoms with Crippen LogP contribution in [0.3, 0.4) is 0 Å². The minimum absolute atomic E-state index is 0.747. The van der Waals surface area contributed by atoms with Gasteiger partial charge in [-0.2, -0.15) is 0 Å². The Bertz CT molecular complexity index is 679. The number of aryl methyl sites for hydroxylation is 2. The Balaban J connectivity index is 1.65. The molecule has 0 spiro atoms. The number of rotatable bonds is 6. The lowest BCUT2D eigenvalue weighted by molar-refractivity contribution is 0.133. The van der Waals surface area contributed by atoms with Gasteiger partial charge in [0, 0.05) is 51.5 Å². The number of benzene rings is 1. The zero-order valence-corrected chi connectivity index (χ0v) is 15.7. The standard InChI is InChI=1S/C21H29N3O/c1-17-14-18(2)21(20(15-17)16-19-4-6-22-7-5-19)25-13-12-24-10-8-23(3)9-11-24/h4-7,14-15H,8-13,16H2,1-3H3. The topological polar surface area (TPSA) is 28.6 Å². The van der Waals surface area contributed by atoms with Crippen molar-refractivity contribution in [2.24, 2.45) is 0 Å². The first-order chi connectivity index (χ1) is 12.1. The third-order valence-electron chi connectivity index (χ3n) is 4.89. The first-order valence-electron chi connectivity index (χ1n) is 9.14. The third kappa shape index (κ3) is 5.03. The van der Waals surface area contributed by atoms with Crippen molar-refractivity contribution in [2.75, 3.05) is 46.4 Å². The van der Waals surface area contributed by atoms with Gasteiger partial charge >= 0.3 is 0 Å². The molecule has 134 valence electrons. The van der Waals surface area contributed by atoms with Gasteiger partial charge in [-0.15, -0.1) is 0 Å². The smallest absolute Gasteiger partial charge is 0.125 e. The highest BCUT2D eigenvalue weighted by molar-refractivity contribution is 5.46. The van der Waals surface area contributed by atoms with Gasteiger partial charge < -0.3 is 9.64 Å². The van der Waals surface area contributed by atoms with Crippen LogP contribution >= 0.6 is 0 Å². The summed E-state index contributed by atoms with van der Waals surface area (Å²) in [5, 5.41) is 0. The fourth-order valence-corrected chi connectivity index (χ4v) is 3.45. The summed E-state index contributed by atoms with van der Waals surface area (Å²) in [5.74, 6) is 1.05. The number of nitrogens with zero attached hydrogens (tertiary/aromatic N) is 3. The molecule has 1 aliphatic rings. The molecule has 1 aliphatic heterocycles.